The Labute approximate surface area is 173 Å². The van der Waals surface area contributed by atoms with Crippen LogP contribution in [-0.2, 0) is 11.3 Å². The maximum absolute atomic E-state index is 13.2. The van der Waals surface area contributed by atoms with Gasteiger partial charge in [-0.3, -0.25) is 9.78 Å². The van der Waals surface area contributed by atoms with E-state index in [0.717, 1.165) is 16.5 Å². The van der Waals surface area contributed by atoms with Crippen LogP contribution in [0, 0.1) is 0 Å². The van der Waals surface area contributed by atoms with Crippen molar-refractivity contribution in [2.45, 2.75) is 6.54 Å². The molecule has 2 heterocycles. The van der Waals surface area contributed by atoms with E-state index in [2.05, 4.69) is 10.3 Å². The average molecular weight is 416 g/mol. The molecule has 0 saturated carbocycles. The average Bonchev–Trinajstić information content (AvgIpc) is 2.73. The number of rotatable bonds is 4. The van der Waals surface area contributed by atoms with Crippen LogP contribution in [0.5, 0.6) is 0 Å². The van der Waals surface area contributed by atoms with E-state index in [4.69, 9.17) is 27.9 Å². The van der Waals surface area contributed by atoms with Gasteiger partial charge >= 0.3 is 0 Å². The number of carbonyl (C=O) groups is 1. The third-order valence-corrected chi connectivity index (χ3v) is 5.38. The molecule has 3 aromatic rings. The molecule has 0 unspecified atom stereocenters. The fraction of sp³-hybridized carbons (Fsp3) is 0.238. The van der Waals surface area contributed by atoms with E-state index < -0.39 is 0 Å². The Morgan fingerprint density at radius 1 is 1.14 bits per heavy atom. The number of nitrogens with zero attached hydrogens (tertiary/aromatic N) is 2. The number of amides is 1. The van der Waals surface area contributed by atoms with Gasteiger partial charge in [0.15, 0.2) is 0 Å². The molecule has 0 atom stereocenters. The molecule has 5 nitrogen and oxygen atoms in total. The SMILES string of the molecule is O=C(c1cnc2ccc(Cl)cc2c1NCc1ccccc1Cl)N1CCOCC1. The van der Waals surface area contributed by atoms with Gasteiger partial charge in [0, 0.05) is 41.3 Å². The Kier molecular flexibility index (Phi) is 5.67. The summed E-state index contributed by atoms with van der Waals surface area (Å²) in [5.74, 6) is -0.0701. The monoisotopic (exact) mass is 415 g/mol. The molecule has 144 valence electrons. The Balaban J connectivity index is 1.74. The first-order chi connectivity index (χ1) is 13.6. The summed E-state index contributed by atoms with van der Waals surface area (Å²) < 4.78 is 5.36. The lowest BCUT2D eigenvalue weighted by Gasteiger charge is -2.28. The number of hydrogen-bond acceptors (Lipinski definition) is 4. The molecule has 28 heavy (non-hydrogen) atoms. The van der Waals surface area contributed by atoms with Gasteiger partial charge in [-0.1, -0.05) is 41.4 Å². The number of pyridine rings is 1. The van der Waals surface area contributed by atoms with Crippen LogP contribution >= 0.6 is 23.2 Å². The lowest BCUT2D eigenvalue weighted by atomic mass is 10.1. The molecule has 0 aliphatic carbocycles. The van der Waals surface area contributed by atoms with Crippen LogP contribution in [0.2, 0.25) is 10.0 Å². The van der Waals surface area contributed by atoms with Crippen molar-refractivity contribution in [1.29, 1.82) is 0 Å². The molecule has 2 aromatic carbocycles. The summed E-state index contributed by atoms with van der Waals surface area (Å²) in [7, 11) is 0. The second kappa shape index (κ2) is 8.35. The number of fused-ring (bicyclic) bond motifs is 1. The highest BCUT2D eigenvalue weighted by atomic mass is 35.5. The van der Waals surface area contributed by atoms with Gasteiger partial charge in [0.05, 0.1) is 30.0 Å². The van der Waals surface area contributed by atoms with Gasteiger partial charge in [-0.2, -0.15) is 0 Å². The van der Waals surface area contributed by atoms with Crippen molar-refractivity contribution in [3.05, 3.63) is 69.8 Å². The van der Waals surface area contributed by atoms with Crippen molar-refractivity contribution in [3.8, 4) is 0 Å². The number of aromatic nitrogens is 1. The van der Waals surface area contributed by atoms with E-state index in [1.54, 1.807) is 17.2 Å². The third kappa shape index (κ3) is 3.92. The van der Waals surface area contributed by atoms with Gasteiger partial charge in [-0.15, -0.1) is 0 Å². The van der Waals surface area contributed by atoms with Crippen LogP contribution in [0.25, 0.3) is 10.9 Å². The van der Waals surface area contributed by atoms with Crippen LogP contribution in [0.3, 0.4) is 0 Å². The Morgan fingerprint density at radius 2 is 1.93 bits per heavy atom. The molecule has 1 fully saturated rings. The smallest absolute Gasteiger partial charge is 0.257 e. The fourth-order valence-electron chi connectivity index (χ4n) is 3.28. The second-order valence-corrected chi connectivity index (χ2v) is 7.40. The van der Waals surface area contributed by atoms with E-state index in [9.17, 15) is 4.79 Å². The molecule has 1 amide bonds. The van der Waals surface area contributed by atoms with Crippen LogP contribution in [0.15, 0.2) is 48.7 Å². The lowest BCUT2D eigenvalue weighted by molar-refractivity contribution is 0.0303. The van der Waals surface area contributed by atoms with Crippen LogP contribution in [0.4, 0.5) is 5.69 Å². The molecule has 0 radical (unpaired) electrons. The zero-order valence-corrected chi connectivity index (χ0v) is 16.6. The summed E-state index contributed by atoms with van der Waals surface area (Å²) in [5, 5.41) is 5.47. The standard InChI is InChI=1S/C21H19Cl2N3O2/c22-15-5-6-19-16(11-15)20(25-12-14-3-1-2-4-18(14)23)17(13-24-19)21(27)26-7-9-28-10-8-26/h1-6,11,13H,7-10,12H2,(H,24,25). The topological polar surface area (TPSA) is 54.5 Å². The Hall–Kier alpha value is -2.34. The molecule has 7 heteroatoms. The minimum Gasteiger partial charge on any atom is -0.380 e. The zero-order valence-electron chi connectivity index (χ0n) is 15.1. The van der Waals surface area contributed by atoms with Gasteiger partial charge in [0.25, 0.3) is 5.91 Å². The van der Waals surface area contributed by atoms with Crippen LogP contribution in [0.1, 0.15) is 15.9 Å². The first kappa shape index (κ1) is 19.0. The summed E-state index contributed by atoms with van der Waals surface area (Å²) in [4.78, 5) is 19.4. The first-order valence-corrected chi connectivity index (χ1v) is 9.81. The van der Waals surface area contributed by atoms with E-state index in [1.807, 2.05) is 36.4 Å². The van der Waals surface area contributed by atoms with Crippen LogP contribution < -0.4 is 5.32 Å². The largest absolute Gasteiger partial charge is 0.380 e. The van der Waals surface area contributed by atoms with Crippen molar-refractivity contribution < 1.29 is 9.53 Å². The molecule has 0 spiro atoms. The number of anilines is 1. The molecule has 1 N–H and O–H groups in total. The minimum atomic E-state index is -0.0701. The minimum absolute atomic E-state index is 0.0701. The van der Waals surface area contributed by atoms with E-state index >= 15 is 0 Å². The van der Waals surface area contributed by atoms with Gasteiger partial charge in [0.1, 0.15) is 0 Å². The number of benzene rings is 2. The highest BCUT2D eigenvalue weighted by molar-refractivity contribution is 6.32. The van der Waals surface area contributed by atoms with Gasteiger partial charge in [-0.05, 0) is 29.8 Å². The van der Waals surface area contributed by atoms with Gasteiger partial charge in [-0.25, -0.2) is 0 Å². The summed E-state index contributed by atoms with van der Waals surface area (Å²) in [5.41, 5.74) is 2.94. The Bertz CT molecular complexity index is 1020. The molecule has 4 rings (SSSR count). The number of carbonyl (C=O) groups excluding carboxylic acids is 1. The lowest BCUT2D eigenvalue weighted by Crippen LogP contribution is -2.41. The molecular formula is C21H19Cl2N3O2. The molecule has 1 aliphatic rings. The van der Waals surface area contributed by atoms with E-state index in [1.165, 1.54) is 0 Å². The van der Waals surface area contributed by atoms with E-state index in [-0.39, 0.29) is 5.91 Å². The summed E-state index contributed by atoms with van der Waals surface area (Å²) in [6.07, 6.45) is 1.63. The number of ether oxygens (including phenoxy) is 1. The third-order valence-electron chi connectivity index (χ3n) is 4.77. The molecular weight excluding hydrogens is 397 g/mol. The normalized spacial score (nSPS) is 14.3. The second-order valence-electron chi connectivity index (χ2n) is 6.56. The highest BCUT2D eigenvalue weighted by Crippen LogP contribution is 2.30. The predicted octanol–water partition coefficient (Wildman–Crippen LogP) is 4.63. The highest BCUT2D eigenvalue weighted by Gasteiger charge is 2.23. The molecule has 0 bridgehead atoms. The van der Waals surface area contributed by atoms with Crippen molar-refractivity contribution in [1.82, 2.24) is 9.88 Å². The fourth-order valence-corrected chi connectivity index (χ4v) is 3.65. The Morgan fingerprint density at radius 3 is 2.71 bits per heavy atom. The van der Waals surface area contributed by atoms with Crippen molar-refractivity contribution in [2.75, 3.05) is 31.6 Å². The zero-order chi connectivity index (χ0) is 19.5. The number of halogens is 2. The van der Waals surface area contributed by atoms with Gasteiger partial charge in [0.2, 0.25) is 0 Å². The van der Waals surface area contributed by atoms with Crippen LogP contribution in [-0.4, -0.2) is 42.1 Å². The number of nitrogens with one attached hydrogen (secondary N) is 1. The molecule has 1 aromatic heterocycles. The van der Waals surface area contributed by atoms with Crippen molar-refractivity contribution in [3.63, 3.8) is 0 Å². The van der Waals surface area contributed by atoms with Gasteiger partial charge < -0.3 is 15.0 Å². The summed E-state index contributed by atoms with van der Waals surface area (Å²) in [6, 6.07) is 13.1. The maximum atomic E-state index is 13.2. The first-order valence-electron chi connectivity index (χ1n) is 9.06. The summed E-state index contributed by atoms with van der Waals surface area (Å²) >= 11 is 12.5. The quantitative estimate of drug-likeness (QED) is 0.674. The van der Waals surface area contributed by atoms with Crippen molar-refractivity contribution >= 4 is 45.7 Å². The van der Waals surface area contributed by atoms with Crippen molar-refractivity contribution in [2.24, 2.45) is 0 Å². The summed E-state index contributed by atoms with van der Waals surface area (Å²) in [6.45, 7) is 2.70. The molecule has 1 saturated heterocycles. The number of hydrogen-bond donors (Lipinski definition) is 1. The number of morpholine rings is 1. The predicted molar refractivity (Wildman–Crippen MR) is 112 cm³/mol. The molecule has 1 aliphatic heterocycles. The van der Waals surface area contributed by atoms with E-state index in [0.29, 0.717) is 54.1 Å². The maximum Gasteiger partial charge on any atom is 0.257 e.